The van der Waals surface area contributed by atoms with E-state index in [1.165, 1.54) is 0 Å². The van der Waals surface area contributed by atoms with E-state index in [2.05, 4.69) is 24.4 Å². The third-order valence-electron chi connectivity index (χ3n) is 4.00. The second kappa shape index (κ2) is 5.97. The van der Waals surface area contributed by atoms with Crippen LogP contribution in [0.4, 0.5) is 8.78 Å². The molecule has 1 aromatic carbocycles. The van der Waals surface area contributed by atoms with Crippen LogP contribution >= 0.6 is 0 Å². The van der Waals surface area contributed by atoms with Crippen molar-refractivity contribution in [2.45, 2.75) is 38.3 Å². The van der Waals surface area contributed by atoms with Gasteiger partial charge in [0, 0.05) is 12.6 Å². The fourth-order valence-electron chi connectivity index (χ4n) is 2.78. The second-order valence-corrected chi connectivity index (χ2v) is 5.58. The van der Waals surface area contributed by atoms with Crippen molar-refractivity contribution in [3.05, 3.63) is 35.9 Å². The SMILES string of the molecule is CC1CCNC(C)(c2ccccc2)CN1CC(F)F. The maximum Gasteiger partial charge on any atom is 0.251 e. The summed E-state index contributed by atoms with van der Waals surface area (Å²) in [7, 11) is 0. The van der Waals surface area contributed by atoms with E-state index in [9.17, 15) is 8.78 Å². The molecule has 4 heteroatoms. The van der Waals surface area contributed by atoms with Gasteiger partial charge in [-0.05, 0) is 32.4 Å². The summed E-state index contributed by atoms with van der Waals surface area (Å²) in [5.74, 6) is 0. The van der Waals surface area contributed by atoms with E-state index in [0.29, 0.717) is 6.54 Å². The van der Waals surface area contributed by atoms with E-state index >= 15 is 0 Å². The predicted molar refractivity (Wildman–Crippen MR) is 73.5 cm³/mol. The van der Waals surface area contributed by atoms with E-state index in [0.717, 1.165) is 18.5 Å². The molecule has 0 aromatic heterocycles. The molecule has 1 N–H and O–H groups in total. The first kappa shape index (κ1) is 14.4. The Bertz CT molecular complexity index is 396. The van der Waals surface area contributed by atoms with Crippen molar-refractivity contribution in [3.63, 3.8) is 0 Å². The fourth-order valence-corrected chi connectivity index (χ4v) is 2.78. The lowest BCUT2D eigenvalue weighted by atomic mass is 9.91. The number of rotatable bonds is 3. The highest BCUT2D eigenvalue weighted by Gasteiger charge is 2.34. The Morgan fingerprint density at radius 3 is 2.68 bits per heavy atom. The highest BCUT2D eigenvalue weighted by Crippen LogP contribution is 2.26. The molecule has 2 rings (SSSR count). The zero-order valence-corrected chi connectivity index (χ0v) is 11.6. The molecular formula is C15H22F2N2. The van der Waals surface area contributed by atoms with Gasteiger partial charge in [-0.3, -0.25) is 4.90 Å². The van der Waals surface area contributed by atoms with E-state index in [-0.39, 0.29) is 18.1 Å². The molecule has 0 saturated carbocycles. The lowest BCUT2D eigenvalue weighted by Crippen LogP contribution is -2.48. The normalized spacial score (nSPS) is 29.4. The predicted octanol–water partition coefficient (Wildman–Crippen LogP) is 2.85. The van der Waals surface area contributed by atoms with E-state index in [4.69, 9.17) is 0 Å². The van der Waals surface area contributed by atoms with Crippen LogP contribution in [0.25, 0.3) is 0 Å². The summed E-state index contributed by atoms with van der Waals surface area (Å²) in [6.07, 6.45) is -1.38. The number of nitrogens with one attached hydrogen (secondary N) is 1. The van der Waals surface area contributed by atoms with Gasteiger partial charge >= 0.3 is 0 Å². The van der Waals surface area contributed by atoms with Crippen LogP contribution < -0.4 is 5.32 Å². The number of hydrogen-bond acceptors (Lipinski definition) is 2. The van der Waals surface area contributed by atoms with Gasteiger partial charge in [0.25, 0.3) is 6.43 Å². The monoisotopic (exact) mass is 268 g/mol. The third kappa shape index (κ3) is 3.51. The number of hydrogen-bond donors (Lipinski definition) is 1. The first-order valence-electron chi connectivity index (χ1n) is 6.84. The highest BCUT2D eigenvalue weighted by molar-refractivity contribution is 5.24. The summed E-state index contributed by atoms with van der Waals surface area (Å²) in [5, 5.41) is 3.52. The van der Waals surface area contributed by atoms with Gasteiger partial charge in [-0.1, -0.05) is 30.3 Å². The average Bonchev–Trinajstić information content (AvgIpc) is 2.51. The summed E-state index contributed by atoms with van der Waals surface area (Å²) in [6.45, 7) is 5.44. The van der Waals surface area contributed by atoms with Crippen molar-refractivity contribution in [3.8, 4) is 0 Å². The molecule has 0 aliphatic carbocycles. The lowest BCUT2D eigenvalue weighted by Gasteiger charge is -2.35. The maximum absolute atomic E-state index is 12.7. The first-order valence-corrected chi connectivity index (χ1v) is 6.84. The molecule has 1 heterocycles. The average molecular weight is 268 g/mol. The van der Waals surface area contributed by atoms with E-state index < -0.39 is 6.43 Å². The number of nitrogens with zero attached hydrogens (tertiary/aromatic N) is 1. The molecule has 19 heavy (non-hydrogen) atoms. The van der Waals surface area contributed by atoms with Crippen LogP contribution in [0.15, 0.2) is 30.3 Å². The van der Waals surface area contributed by atoms with Crippen LogP contribution in [0.2, 0.25) is 0 Å². The Balaban J connectivity index is 2.21. The summed E-state index contributed by atoms with van der Waals surface area (Å²) < 4.78 is 25.4. The van der Waals surface area contributed by atoms with Gasteiger partial charge < -0.3 is 5.32 Å². The van der Waals surface area contributed by atoms with Gasteiger partial charge in [0.2, 0.25) is 0 Å². The summed E-state index contributed by atoms with van der Waals surface area (Å²) in [4.78, 5) is 1.90. The van der Waals surface area contributed by atoms with Crippen LogP contribution in [0, 0.1) is 0 Å². The summed E-state index contributed by atoms with van der Waals surface area (Å²) in [5.41, 5.74) is 0.893. The molecule has 2 nitrogen and oxygen atoms in total. The Hall–Kier alpha value is -1.00. The standard InChI is InChI=1S/C15H22F2N2/c1-12-8-9-18-15(2,11-19(12)10-14(16)17)13-6-4-3-5-7-13/h3-7,12,14,18H,8-11H2,1-2H3. The molecule has 0 radical (unpaired) electrons. The number of halogens is 2. The van der Waals surface area contributed by atoms with Gasteiger partial charge in [0.05, 0.1) is 12.1 Å². The van der Waals surface area contributed by atoms with Gasteiger partial charge in [-0.25, -0.2) is 8.78 Å². The minimum absolute atomic E-state index is 0.148. The molecule has 0 amide bonds. The zero-order chi connectivity index (χ0) is 13.9. The van der Waals surface area contributed by atoms with Crippen LogP contribution in [0.5, 0.6) is 0 Å². The molecule has 1 saturated heterocycles. The van der Waals surface area contributed by atoms with Crippen LogP contribution in [0.3, 0.4) is 0 Å². The quantitative estimate of drug-likeness (QED) is 0.907. The van der Waals surface area contributed by atoms with Crippen molar-refractivity contribution < 1.29 is 8.78 Å². The molecule has 1 aromatic rings. The maximum atomic E-state index is 12.7. The van der Waals surface area contributed by atoms with Gasteiger partial charge in [-0.15, -0.1) is 0 Å². The molecule has 1 fully saturated rings. The van der Waals surface area contributed by atoms with Crippen LogP contribution in [-0.4, -0.2) is 37.0 Å². The Labute approximate surface area is 113 Å². The molecule has 106 valence electrons. The van der Waals surface area contributed by atoms with E-state index in [1.54, 1.807) is 0 Å². The Morgan fingerprint density at radius 1 is 1.37 bits per heavy atom. The molecular weight excluding hydrogens is 246 g/mol. The number of benzene rings is 1. The minimum Gasteiger partial charge on any atom is -0.306 e. The minimum atomic E-state index is -2.28. The van der Waals surface area contributed by atoms with Crippen molar-refractivity contribution >= 4 is 0 Å². The topological polar surface area (TPSA) is 15.3 Å². The molecule has 1 aliphatic rings. The van der Waals surface area contributed by atoms with Gasteiger partial charge in [-0.2, -0.15) is 0 Å². The molecule has 2 unspecified atom stereocenters. The summed E-state index contributed by atoms with van der Waals surface area (Å²) >= 11 is 0. The molecule has 2 atom stereocenters. The van der Waals surface area contributed by atoms with Crippen LogP contribution in [-0.2, 0) is 5.54 Å². The Morgan fingerprint density at radius 2 is 2.05 bits per heavy atom. The smallest absolute Gasteiger partial charge is 0.251 e. The second-order valence-electron chi connectivity index (χ2n) is 5.58. The summed E-state index contributed by atoms with van der Waals surface area (Å²) in [6, 6.07) is 10.3. The highest BCUT2D eigenvalue weighted by atomic mass is 19.3. The Kier molecular flexibility index (Phi) is 4.53. The lowest BCUT2D eigenvalue weighted by molar-refractivity contribution is 0.0603. The van der Waals surface area contributed by atoms with Crippen molar-refractivity contribution in [1.29, 1.82) is 0 Å². The molecule has 0 bridgehead atoms. The molecule has 0 spiro atoms. The third-order valence-corrected chi connectivity index (χ3v) is 4.00. The largest absolute Gasteiger partial charge is 0.306 e. The van der Waals surface area contributed by atoms with Gasteiger partial charge in [0.15, 0.2) is 0 Å². The zero-order valence-electron chi connectivity index (χ0n) is 11.6. The number of alkyl halides is 2. The van der Waals surface area contributed by atoms with Gasteiger partial charge in [0.1, 0.15) is 0 Å². The van der Waals surface area contributed by atoms with Crippen molar-refractivity contribution in [1.82, 2.24) is 10.2 Å². The fraction of sp³-hybridized carbons (Fsp3) is 0.600. The van der Waals surface area contributed by atoms with E-state index in [1.807, 2.05) is 30.0 Å². The van der Waals surface area contributed by atoms with Crippen molar-refractivity contribution in [2.75, 3.05) is 19.6 Å². The molecule has 1 aliphatic heterocycles. The first-order chi connectivity index (χ1) is 9.01. The van der Waals surface area contributed by atoms with Crippen molar-refractivity contribution in [2.24, 2.45) is 0 Å². The van der Waals surface area contributed by atoms with Crippen LogP contribution in [0.1, 0.15) is 25.8 Å².